The topological polar surface area (TPSA) is 35.5 Å². The summed E-state index contributed by atoms with van der Waals surface area (Å²) in [6.45, 7) is 4.81. The zero-order valence-electron chi connectivity index (χ0n) is 8.75. The van der Waals surface area contributed by atoms with Crippen molar-refractivity contribution in [2.45, 2.75) is 13.8 Å². The summed E-state index contributed by atoms with van der Waals surface area (Å²) < 4.78 is 10.6. The van der Waals surface area contributed by atoms with Gasteiger partial charge in [-0.2, -0.15) is 0 Å². The average Bonchev–Trinajstić information content (AvgIpc) is 2.18. The second kappa shape index (κ2) is 5.61. The molecule has 0 spiro atoms. The van der Waals surface area contributed by atoms with E-state index in [9.17, 15) is 4.79 Å². The van der Waals surface area contributed by atoms with Gasteiger partial charge in [-0.1, -0.05) is 0 Å². The van der Waals surface area contributed by atoms with Crippen LogP contribution in [0.25, 0.3) is 0 Å². The number of hydrogen-bond donors (Lipinski definition) is 0. The van der Waals surface area contributed by atoms with Gasteiger partial charge in [0, 0.05) is 11.6 Å². The van der Waals surface area contributed by atoms with Gasteiger partial charge >= 0.3 is 0 Å². The highest BCUT2D eigenvalue weighted by Gasteiger charge is 2.07. The molecule has 0 saturated carbocycles. The molecule has 0 aliphatic rings. The molecule has 0 saturated heterocycles. The molecule has 4 heteroatoms. The quantitative estimate of drug-likeness (QED) is 0.727. The van der Waals surface area contributed by atoms with Gasteiger partial charge in [-0.15, -0.1) is 0 Å². The van der Waals surface area contributed by atoms with Crippen molar-refractivity contribution in [3.8, 4) is 11.5 Å². The van der Waals surface area contributed by atoms with Gasteiger partial charge in [0.05, 0.1) is 13.2 Å². The number of carbonyl (C=O) groups excluding carboxylic acids is 1. The third kappa shape index (κ3) is 3.44. The fourth-order valence-corrected chi connectivity index (χ4v) is 1.29. The van der Waals surface area contributed by atoms with E-state index >= 15 is 0 Å². The van der Waals surface area contributed by atoms with Crippen LogP contribution in [0.15, 0.2) is 18.2 Å². The third-order valence-electron chi connectivity index (χ3n) is 1.73. The molecule has 1 aromatic rings. The predicted octanol–water partition coefficient (Wildman–Crippen LogP) is 2.86. The lowest BCUT2D eigenvalue weighted by Crippen LogP contribution is -1.98. The largest absolute Gasteiger partial charge is 0.494 e. The highest BCUT2D eigenvalue weighted by Crippen LogP contribution is 2.24. The Morgan fingerprint density at radius 1 is 1.13 bits per heavy atom. The molecule has 1 aromatic carbocycles. The smallest absolute Gasteiger partial charge is 0.252 e. The van der Waals surface area contributed by atoms with Gasteiger partial charge in [0.1, 0.15) is 11.5 Å². The monoisotopic (exact) mass is 228 g/mol. The molecule has 0 atom stereocenters. The minimum Gasteiger partial charge on any atom is -0.494 e. The molecular weight excluding hydrogens is 216 g/mol. The second-order valence-electron chi connectivity index (χ2n) is 2.83. The van der Waals surface area contributed by atoms with E-state index in [1.54, 1.807) is 18.2 Å². The van der Waals surface area contributed by atoms with Crippen molar-refractivity contribution in [2.24, 2.45) is 0 Å². The van der Waals surface area contributed by atoms with Crippen molar-refractivity contribution in [1.29, 1.82) is 0 Å². The lowest BCUT2D eigenvalue weighted by Gasteiger charge is -2.08. The predicted molar refractivity (Wildman–Crippen MR) is 59.0 cm³/mol. The Balaban J connectivity index is 3.02. The number of halogens is 1. The van der Waals surface area contributed by atoms with Gasteiger partial charge in [-0.05, 0) is 37.6 Å². The van der Waals surface area contributed by atoms with Crippen molar-refractivity contribution < 1.29 is 14.3 Å². The Kier molecular flexibility index (Phi) is 4.43. The standard InChI is InChI=1S/C11H13ClO3/c1-3-14-9-5-8(11(12)13)6-10(7-9)15-4-2/h5-7H,3-4H2,1-2H3. The van der Waals surface area contributed by atoms with Crippen molar-refractivity contribution in [3.05, 3.63) is 23.8 Å². The molecule has 0 radical (unpaired) electrons. The minimum atomic E-state index is -0.516. The number of rotatable bonds is 5. The van der Waals surface area contributed by atoms with Gasteiger partial charge in [0.2, 0.25) is 0 Å². The maximum Gasteiger partial charge on any atom is 0.252 e. The molecule has 1 rings (SSSR count). The fourth-order valence-electron chi connectivity index (χ4n) is 1.19. The van der Waals surface area contributed by atoms with Crippen molar-refractivity contribution in [2.75, 3.05) is 13.2 Å². The van der Waals surface area contributed by atoms with Gasteiger partial charge in [0.15, 0.2) is 0 Å². The number of hydrogen-bond acceptors (Lipinski definition) is 3. The lowest BCUT2D eigenvalue weighted by atomic mass is 10.2. The van der Waals surface area contributed by atoms with Crippen LogP contribution in [0, 0.1) is 0 Å². The molecule has 0 aliphatic carbocycles. The Hall–Kier alpha value is -1.22. The molecule has 0 N–H and O–H groups in total. The van der Waals surface area contributed by atoms with Crippen LogP contribution in [0.4, 0.5) is 0 Å². The summed E-state index contributed by atoms with van der Waals surface area (Å²) in [5.41, 5.74) is 0.381. The molecule has 0 aliphatic heterocycles. The van der Waals surface area contributed by atoms with E-state index in [4.69, 9.17) is 21.1 Å². The Bertz CT molecular complexity index is 325. The highest BCUT2D eigenvalue weighted by molar-refractivity contribution is 6.67. The summed E-state index contributed by atoms with van der Waals surface area (Å²) >= 11 is 5.40. The summed E-state index contributed by atoms with van der Waals surface area (Å²) in [7, 11) is 0. The minimum absolute atomic E-state index is 0.381. The maximum atomic E-state index is 11.0. The van der Waals surface area contributed by atoms with Crippen LogP contribution >= 0.6 is 11.6 Å². The van der Waals surface area contributed by atoms with Crippen LogP contribution in [0.2, 0.25) is 0 Å². The fraction of sp³-hybridized carbons (Fsp3) is 0.364. The van der Waals surface area contributed by atoms with E-state index < -0.39 is 5.24 Å². The molecule has 3 nitrogen and oxygen atoms in total. The number of ether oxygens (including phenoxy) is 2. The first-order chi connectivity index (χ1) is 7.17. The number of carbonyl (C=O) groups is 1. The average molecular weight is 229 g/mol. The molecule has 0 heterocycles. The second-order valence-corrected chi connectivity index (χ2v) is 3.18. The van der Waals surface area contributed by atoms with Crippen molar-refractivity contribution in [3.63, 3.8) is 0 Å². The first-order valence-electron chi connectivity index (χ1n) is 4.77. The van der Waals surface area contributed by atoms with Crippen LogP contribution < -0.4 is 9.47 Å². The SMILES string of the molecule is CCOc1cc(OCC)cc(C(=O)Cl)c1. The zero-order chi connectivity index (χ0) is 11.3. The third-order valence-corrected chi connectivity index (χ3v) is 1.95. The van der Waals surface area contributed by atoms with Crippen LogP contribution in [-0.2, 0) is 0 Å². The molecule has 0 amide bonds. The van der Waals surface area contributed by atoms with Crippen LogP contribution in [0.3, 0.4) is 0 Å². The van der Waals surface area contributed by atoms with Gasteiger partial charge in [-0.25, -0.2) is 0 Å². The van der Waals surface area contributed by atoms with Gasteiger partial charge < -0.3 is 9.47 Å². The summed E-state index contributed by atoms with van der Waals surface area (Å²) in [5, 5.41) is -0.516. The Morgan fingerprint density at radius 3 is 1.93 bits per heavy atom. The van der Waals surface area contributed by atoms with Crippen LogP contribution in [-0.4, -0.2) is 18.5 Å². The lowest BCUT2D eigenvalue weighted by molar-refractivity contribution is 0.108. The summed E-state index contributed by atoms with van der Waals surface area (Å²) in [5.74, 6) is 1.18. The molecule has 15 heavy (non-hydrogen) atoms. The summed E-state index contributed by atoms with van der Waals surface area (Å²) in [6.07, 6.45) is 0. The van der Waals surface area contributed by atoms with Crippen LogP contribution in [0.5, 0.6) is 11.5 Å². The molecule has 0 bridgehead atoms. The first kappa shape index (κ1) is 11.9. The Labute approximate surface area is 93.9 Å². The summed E-state index contributed by atoms with van der Waals surface area (Å²) in [4.78, 5) is 11.0. The van der Waals surface area contributed by atoms with E-state index in [0.29, 0.717) is 30.3 Å². The molecule has 0 aromatic heterocycles. The van der Waals surface area contributed by atoms with E-state index in [-0.39, 0.29) is 0 Å². The molecule has 82 valence electrons. The normalized spacial score (nSPS) is 9.80. The van der Waals surface area contributed by atoms with Crippen molar-refractivity contribution >= 4 is 16.8 Å². The molecule has 0 fully saturated rings. The van der Waals surface area contributed by atoms with E-state index in [1.165, 1.54) is 0 Å². The van der Waals surface area contributed by atoms with Gasteiger partial charge in [0.25, 0.3) is 5.24 Å². The van der Waals surface area contributed by atoms with Crippen LogP contribution in [0.1, 0.15) is 24.2 Å². The maximum absolute atomic E-state index is 11.0. The zero-order valence-corrected chi connectivity index (χ0v) is 9.50. The number of benzene rings is 1. The Morgan fingerprint density at radius 2 is 1.60 bits per heavy atom. The van der Waals surface area contributed by atoms with E-state index in [0.717, 1.165) is 0 Å². The molecule has 0 unspecified atom stereocenters. The van der Waals surface area contributed by atoms with Crippen molar-refractivity contribution in [1.82, 2.24) is 0 Å². The van der Waals surface area contributed by atoms with Gasteiger partial charge in [-0.3, -0.25) is 4.79 Å². The molecular formula is C11H13ClO3. The highest BCUT2D eigenvalue weighted by atomic mass is 35.5. The summed E-state index contributed by atoms with van der Waals surface area (Å²) in [6, 6.07) is 4.93. The first-order valence-corrected chi connectivity index (χ1v) is 5.15. The van der Waals surface area contributed by atoms with E-state index in [2.05, 4.69) is 0 Å². The van der Waals surface area contributed by atoms with E-state index in [1.807, 2.05) is 13.8 Å².